The molecule has 2 N–H and O–H groups in total. The fourth-order valence-corrected chi connectivity index (χ4v) is 5.17. The molecule has 4 heteroatoms. The molecule has 0 aliphatic heterocycles. The number of hydrogen-bond acceptors (Lipinski definition) is 4. The molecule has 4 nitrogen and oxygen atoms in total. The highest BCUT2D eigenvalue weighted by atomic mass is 16.5. The van der Waals surface area contributed by atoms with E-state index in [2.05, 4.69) is 19.9 Å². The summed E-state index contributed by atoms with van der Waals surface area (Å²) < 4.78 is 5.84. The second kappa shape index (κ2) is 6.82. The number of rotatable bonds is 5. The molecule has 1 fully saturated rings. The van der Waals surface area contributed by atoms with Crippen molar-refractivity contribution in [3.05, 3.63) is 34.4 Å². The minimum atomic E-state index is -0.206. The molecule has 1 saturated carbocycles. The highest BCUT2D eigenvalue weighted by Crippen LogP contribution is 2.62. The lowest BCUT2D eigenvalue weighted by molar-refractivity contribution is -0.105. The molecule has 0 unspecified atom stereocenters. The van der Waals surface area contributed by atoms with E-state index in [1.807, 2.05) is 6.08 Å². The van der Waals surface area contributed by atoms with Gasteiger partial charge >= 0.3 is 0 Å². The minimum Gasteiger partial charge on any atom is -0.396 e. The van der Waals surface area contributed by atoms with Crippen LogP contribution in [0.4, 0.5) is 0 Å². The van der Waals surface area contributed by atoms with Gasteiger partial charge in [-0.2, -0.15) is 0 Å². The molecular weight excluding hydrogens is 316 g/mol. The lowest BCUT2D eigenvalue weighted by Gasteiger charge is -2.49. The summed E-state index contributed by atoms with van der Waals surface area (Å²) >= 11 is 0. The van der Waals surface area contributed by atoms with Gasteiger partial charge < -0.3 is 14.9 Å². The predicted octanol–water partition coefficient (Wildman–Crippen LogP) is 2.95. The van der Waals surface area contributed by atoms with E-state index in [9.17, 15) is 15.0 Å². The van der Waals surface area contributed by atoms with Crippen molar-refractivity contribution in [3.8, 4) is 0 Å². The Morgan fingerprint density at radius 3 is 2.68 bits per heavy atom. The van der Waals surface area contributed by atoms with E-state index >= 15 is 0 Å². The monoisotopic (exact) mass is 346 g/mol. The summed E-state index contributed by atoms with van der Waals surface area (Å²) in [5, 5.41) is 20.0. The lowest BCUT2D eigenvalue weighted by atomic mass is 9.57. The van der Waals surface area contributed by atoms with Crippen LogP contribution in [0.1, 0.15) is 46.0 Å². The molecule has 0 aromatic rings. The molecule has 0 aromatic carbocycles. The van der Waals surface area contributed by atoms with E-state index in [0.29, 0.717) is 6.42 Å². The number of carbonyl (C=O) groups excluding carboxylic acids is 1. The maximum Gasteiger partial charge on any atom is 0.146 e. The van der Waals surface area contributed by atoms with Gasteiger partial charge in [-0.1, -0.05) is 31.6 Å². The van der Waals surface area contributed by atoms with Gasteiger partial charge in [0.25, 0.3) is 0 Å². The summed E-state index contributed by atoms with van der Waals surface area (Å²) in [6.45, 7) is 4.54. The maximum atomic E-state index is 11.4. The summed E-state index contributed by atoms with van der Waals surface area (Å²) in [5.41, 5.74) is 4.06. The van der Waals surface area contributed by atoms with Gasteiger partial charge in [0.2, 0.25) is 0 Å². The van der Waals surface area contributed by atoms with Gasteiger partial charge in [-0.05, 0) is 42.4 Å². The minimum absolute atomic E-state index is 0.0619. The van der Waals surface area contributed by atoms with Crippen LogP contribution in [0.3, 0.4) is 0 Å². The Kier molecular flexibility index (Phi) is 5.06. The van der Waals surface area contributed by atoms with E-state index in [1.54, 1.807) is 7.11 Å². The molecule has 3 aliphatic carbocycles. The molecule has 25 heavy (non-hydrogen) atoms. The SMILES string of the molecule is CO[C@H]1CC(C=O)=CC=C2C3=C([C@H](C)CO)CC[C@]3(CO)CC[C@]21C. The molecule has 0 heterocycles. The first-order valence-electron chi connectivity index (χ1n) is 9.30. The standard InChI is InChI=1S/C21H30O4/c1-14(11-22)16-6-7-21(13-24)9-8-20(2)17(19(16)21)5-4-15(12-23)10-18(20)25-3/h4-5,12,14,18,22,24H,6-11,13H2,1-3H3/t14-,18+,20-,21-/m1/s1. The average molecular weight is 346 g/mol. The molecule has 3 rings (SSSR count). The van der Waals surface area contributed by atoms with Gasteiger partial charge in [0.15, 0.2) is 0 Å². The quantitative estimate of drug-likeness (QED) is 0.751. The van der Waals surface area contributed by atoms with Crippen LogP contribution in [0.5, 0.6) is 0 Å². The summed E-state index contributed by atoms with van der Waals surface area (Å²) in [6.07, 6.45) is 9.18. The number of aliphatic hydroxyl groups is 2. The Bertz CT molecular complexity index is 644. The summed E-state index contributed by atoms with van der Waals surface area (Å²) in [7, 11) is 1.72. The number of carbonyl (C=O) groups is 1. The van der Waals surface area contributed by atoms with Gasteiger partial charge in [0, 0.05) is 36.9 Å². The van der Waals surface area contributed by atoms with Crippen LogP contribution in [-0.2, 0) is 9.53 Å². The van der Waals surface area contributed by atoms with E-state index < -0.39 is 0 Å². The Balaban J connectivity index is 2.21. The highest BCUT2D eigenvalue weighted by Gasteiger charge is 2.53. The fourth-order valence-electron chi connectivity index (χ4n) is 5.17. The molecular formula is C21H30O4. The number of aliphatic hydroxyl groups excluding tert-OH is 2. The summed E-state index contributed by atoms with van der Waals surface area (Å²) in [4.78, 5) is 11.4. The van der Waals surface area contributed by atoms with Gasteiger partial charge in [-0.15, -0.1) is 0 Å². The van der Waals surface area contributed by atoms with Crippen molar-refractivity contribution in [1.29, 1.82) is 0 Å². The van der Waals surface area contributed by atoms with Crippen molar-refractivity contribution in [2.45, 2.75) is 52.1 Å². The predicted molar refractivity (Wildman–Crippen MR) is 97.0 cm³/mol. The van der Waals surface area contributed by atoms with Crippen LogP contribution in [0.25, 0.3) is 0 Å². The Morgan fingerprint density at radius 2 is 2.08 bits per heavy atom. The van der Waals surface area contributed by atoms with E-state index in [4.69, 9.17) is 4.74 Å². The normalized spacial score (nSPS) is 36.1. The molecule has 0 bridgehead atoms. The van der Waals surface area contributed by atoms with E-state index in [0.717, 1.165) is 37.5 Å². The van der Waals surface area contributed by atoms with Crippen LogP contribution in [0.2, 0.25) is 0 Å². The lowest BCUT2D eigenvalue weighted by Crippen LogP contribution is -2.44. The zero-order valence-electron chi connectivity index (χ0n) is 15.5. The first-order chi connectivity index (χ1) is 12.0. The van der Waals surface area contributed by atoms with Crippen molar-refractivity contribution in [2.24, 2.45) is 16.7 Å². The van der Waals surface area contributed by atoms with Gasteiger partial charge in [-0.3, -0.25) is 4.79 Å². The largest absolute Gasteiger partial charge is 0.396 e. The summed E-state index contributed by atoms with van der Waals surface area (Å²) in [5.74, 6) is 0.0884. The molecule has 4 atom stereocenters. The number of aldehydes is 1. The van der Waals surface area contributed by atoms with Crippen LogP contribution in [0, 0.1) is 16.7 Å². The smallest absolute Gasteiger partial charge is 0.146 e. The zero-order valence-corrected chi connectivity index (χ0v) is 15.5. The van der Waals surface area contributed by atoms with Gasteiger partial charge in [0.1, 0.15) is 6.29 Å². The Labute approximate surface area is 150 Å². The second-order valence-electron chi connectivity index (χ2n) is 8.21. The molecule has 0 saturated heterocycles. The van der Waals surface area contributed by atoms with Crippen LogP contribution >= 0.6 is 0 Å². The van der Waals surface area contributed by atoms with Crippen molar-refractivity contribution < 1.29 is 19.7 Å². The topological polar surface area (TPSA) is 66.8 Å². The third-order valence-electron chi connectivity index (χ3n) is 6.93. The van der Waals surface area contributed by atoms with E-state index in [-0.39, 0.29) is 36.1 Å². The maximum absolute atomic E-state index is 11.4. The fraction of sp³-hybridized carbons (Fsp3) is 0.667. The van der Waals surface area contributed by atoms with Gasteiger partial charge in [0.05, 0.1) is 12.7 Å². The number of fused-ring (bicyclic) bond motifs is 3. The van der Waals surface area contributed by atoms with Crippen LogP contribution < -0.4 is 0 Å². The Morgan fingerprint density at radius 1 is 1.32 bits per heavy atom. The third kappa shape index (κ3) is 2.75. The molecule has 0 amide bonds. The number of ether oxygens (including phenoxy) is 1. The van der Waals surface area contributed by atoms with Crippen LogP contribution in [-0.4, -0.2) is 42.9 Å². The second-order valence-corrected chi connectivity index (χ2v) is 8.21. The summed E-state index contributed by atoms with van der Waals surface area (Å²) in [6, 6.07) is 0. The molecule has 138 valence electrons. The van der Waals surface area contributed by atoms with Crippen molar-refractivity contribution in [3.63, 3.8) is 0 Å². The number of methoxy groups -OCH3 is 1. The molecule has 0 radical (unpaired) electrons. The van der Waals surface area contributed by atoms with Crippen LogP contribution in [0.15, 0.2) is 34.4 Å². The first kappa shape index (κ1) is 18.6. The molecule has 3 aliphatic rings. The first-order valence-corrected chi connectivity index (χ1v) is 9.30. The third-order valence-corrected chi connectivity index (χ3v) is 6.93. The highest BCUT2D eigenvalue weighted by molar-refractivity contribution is 5.74. The van der Waals surface area contributed by atoms with Crippen molar-refractivity contribution >= 4 is 6.29 Å². The zero-order chi connectivity index (χ0) is 18.2. The van der Waals surface area contributed by atoms with Crippen molar-refractivity contribution in [1.82, 2.24) is 0 Å². The Hall–Kier alpha value is -1.23. The molecule has 0 aromatic heterocycles. The van der Waals surface area contributed by atoms with Crippen molar-refractivity contribution in [2.75, 3.05) is 20.3 Å². The number of allylic oxidation sites excluding steroid dienone is 2. The van der Waals surface area contributed by atoms with E-state index in [1.165, 1.54) is 16.7 Å². The average Bonchev–Trinajstić information content (AvgIpc) is 2.95. The number of hydrogen-bond donors (Lipinski definition) is 2. The molecule has 0 spiro atoms. The van der Waals surface area contributed by atoms with Gasteiger partial charge in [-0.25, -0.2) is 0 Å².